The molecule has 0 amide bonds. The average molecular weight is 212 g/mol. The topological polar surface area (TPSA) is 15.3 Å². The van der Waals surface area contributed by atoms with Gasteiger partial charge in [0.25, 0.3) is 0 Å². The molecule has 0 bridgehead atoms. The van der Waals surface area contributed by atoms with E-state index in [1.165, 1.54) is 38.6 Å². The van der Waals surface area contributed by atoms with Gasteiger partial charge in [-0.1, -0.05) is 26.7 Å². The smallest absolute Gasteiger partial charge is 0.0248 e. The molecule has 0 saturated heterocycles. The van der Waals surface area contributed by atoms with Crippen molar-refractivity contribution in [3.05, 3.63) is 0 Å². The van der Waals surface area contributed by atoms with Crippen molar-refractivity contribution in [3.63, 3.8) is 0 Å². The van der Waals surface area contributed by atoms with Crippen LogP contribution in [0.2, 0.25) is 0 Å². The average Bonchev–Trinajstić information content (AvgIpc) is 2.28. The Kier molecular flexibility index (Phi) is 5.62. The van der Waals surface area contributed by atoms with Crippen LogP contribution < -0.4 is 5.32 Å². The Morgan fingerprint density at radius 3 is 2.53 bits per heavy atom. The number of rotatable bonds is 5. The molecule has 3 atom stereocenters. The molecule has 1 fully saturated rings. The number of nitrogens with zero attached hydrogens (tertiary/aromatic N) is 1. The fourth-order valence-corrected chi connectivity index (χ4v) is 2.96. The van der Waals surface area contributed by atoms with Gasteiger partial charge in [0.05, 0.1) is 0 Å². The maximum atomic E-state index is 3.49. The molecule has 2 heteroatoms. The third-order valence-electron chi connectivity index (χ3n) is 4.06. The summed E-state index contributed by atoms with van der Waals surface area (Å²) in [4.78, 5) is 2.52. The van der Waals surface area contributed by atoms with Gasteiger partial charge in [0.15, 0.2) is 0 Å². The normalized spacial score (nSPS) is 32.2. The van der Waals surface area contributed by atoms with Crippen molar-refractivity contribution in [2.45, 2.75) is 58.0 Å². The first-order chi connectivity index (χ1) is 7.22. The van der Waals surface area contributed by atoms with Crippen LogP contribution in [0.15, 0.2) is 0 Å². The van der Waals surface area contributed by atoms with Crippen molar-refractivity contribution in [2.24, 2.45) is 5.92 Å². The number of likely N-dealkylation sites (N-methyl/N-ethyl adjacent to an activating group) is 2. The van der Waals surface area contributed by atoms with Gasteiger partial charge < -0.3 is 10.2 Å². The van der Waals surface area contributed by atoms with Gasteiger partial charge in [-0.2, -0.15) is 0 Å². The summed E-state index contributed by atoms with van der Waals surface area (Å²) in [7, 11) is 4.38. The Bertz CT molecular complexity index is 170. The van der Waals surface area contributed by atoms with Crippen molar-refractivity contribution in [2.75, 3.05) is 20.6 Å². The molecule has 0 spiro atoms. The molecule has 0 aromatic carbocycles. The van der Waals surface area contributed by atoms with Crippen LogP contribution in [-0.4, -0.2) is 37.6 Å². The number of nitrogens with one attached hydrogen (secondary N) is 1. The number of hydrogen-bond acceptors (Lipinski definition) is 2. The van der Waals surface area contributed by atoms with Crippen molar-refractivity contribution in [3.8, 4) is 0 Å². The van der Waals surface area contributed by atoms with Crippen LogP contribution in [0.25, 0.3) is 0 Å². The van der Waals surface area contributed by atoms with E-state index in [0.717, 1.165) is 12.0 Å². The van der Waals surface area contributed by atoms with E-state index >= 15 is 0 Å². The van der Waals surface area contributed by atoms with Crippen molar-refractivity contribution in [1.29, 1.82) is 0 Å². The summed E-state index contributed by atoms with van der Waals surface area (Å²) in [6, 6.07) is 1.47. The standard InChI is InChI=1S/C13H28N2/c1-5-7-11-8-9-12(14-3)13(10-11)15(4)6-2/h11-14H,5-10H2,1-4H3. The largest absolute Gasteiger partial charge is 0.315 e. The molecular weight excluding hydrogens is 184 g/mol. The van der Waals surface area contributed by atoms with Gasteiger partial charge in [-0.15, -0.1) is 0 Å². The van der Waals surface area contributed by atoms with Gasteiger partial charge in [0, 0.05) is 12.1 Å². The van der Waals surface area contributed by atoms with E-state index in [9.17, 15) is 0 Å². The maximum absolute atomic E-state index is 3.49. The van der Waals surface area contributed by atoms with Crippen LogP contribution in [0.3, 0.4) is 0 Å². The van der Waals surface area contributed by atoms with E-state index in [0.29, 0.717) is 6.04 Å². The Morgan fingerprint density at radius 1 is 1.27 bits per heavy atom. The lowest BCUT2D eigenvalue weighted by Crippen LogP contribution is -2.51. The quantitative estimate of drug-likeness (QED) is 0.753. The molecular formula is C13H28N2. The molecule has 1 saturated carbocycles. The molecule has 0 aromatic rings. The molecule has 90 valence electrons. The summed E-state index contributed by atoms with van der Waals surface area (Å²) in [5, 5.41) is 3.49. The molecule has 3 unspecified atom stereocenters. The van der Waals surface area contributed by atoms with E-state index in [1.807, 2.05) is 0 Å². The Hall–Kier alpha value is -0.0800. The molecule has 1 aliphatic carbocycles. The highest BCUT2D eigenvalue weighted by Gasteiger charge is 2.30. The zero-order chi connectivity index (χ0) is 11.3. The fourth-order valence-electron chi connectivity index (χ4n) is 2.96. The zero-order valence-corrected chi connectivity index (χ0v) is 10.9. The van der Waals surface area contributed by atoms with Crippen molar-refractivity contribution in [1.82, 2.24) is 10.2 Å². The summed E-state index contributed by atoms with van der Waals surface area (Å²) in [5.74, 6) is 0.971. The lowest BCUT2D eigenvalue weighted by molar-refractivity contribution is 0.124. The van der Waals surface area contributed by atoms with Gasteiger partial charge in [0.2, 0.25) is 0 Å². The minimum Gasteiger partial charge on any atom is -0.315 e. The van der Waals surface area contributed by atoms with Gasteiger partial charge in [-0.3, -0.25) is 0 Å². The monoisotopic (exact) mass is 212 g/mol. The maximum Gasteiger partial charge on any atom is 0.0248 e. The third kappa shape index (κ3) is 3.46. The van der Waals surface area contributed by atoms with Crippen LogP contribution in [0.1, 0.15) is 46.0 Å². The predicted octanol–water partition coefficient (Wildman–Crippen LogP) is 2.49. The Morgan fingerprint density at radius 2 is 2.00 bits per heavy atom. The summed E-state index contributed by atoms with van der Waals surface area (Å²) < 4.78 is 0. The highest BCUT2D eigenvalue weighted by molar-refractivity contribution is 4.89. The fraction of sp³-hybridized carbons (Fsp3) is 1.00. The molecule has 0 heterocycles. The second kappa shape index (κ2) is 6.49. The second-order valence-corrected chi connectivity index (χ2v) is 5.00. The van der Waals surface area contributed by atoms with Crippen LogP contribution in [0, 0.1) is 5.92 Å². The molecule has 15 heavy (non-hydrogen) atoms. The van der Waals surface area contributed by atoms with E-state index in [2.05, 4.69) is 38.2 Å². The van der Waals surface area contributed by atoms with Crippen molar-refractivity contribution < 1.29 is 0 Å². The zero-order valence-electron chi connectivity index (χ0n) is 10.9. The molecule has 0 aromatic heterocycles. The summed E-state index contributed by atoms with van der Waals surface area (Å²) in [6.45, 7) is 5.74. The SMILES string of the molecule is CCCC1CCC(NC)C(N(C)CC)C1. The Labute approximate surface area is 95.4 Å². The van der Waals surface area contributed by atoms with Gasteiger partial charge in [-0.25, -0.2) is 0 Å². The second-order valence-electron chi connectivity index (χ2n) is 5.00. The first kappa shape index (κ1) is 13.0. The first-order valence-electron chi connectivity index (χ1n) is 6.60. The molecule has 0 aliphatic heterocycles. The minimum absolute atomic E-state index is 0.711. The lowest BCUT2D eigenvalue weighted by Gasteiger charge is -2.41. The van der Waals surface area contributed by atoms with E-state index in [4.69, 9.17) is 0 Å². The van der Waals surface area contributed by atoms with Crippen LogP contribution in [-0.2, 0) is 0 Å². The van der Waals surface area contributed by atoms with E-state index < -0.39 is 0 Å². The Balaban J connectivity index is 2.52. The molecule has 2 nitrogen and oxygen atoms in total. The van der Waals surface area contributed by atoms with E-state index in [1.54, 1.807) is 0 Å². The summed E-state index contributed by atoms with van der Waals surface area (Å²) in [5.41, 5.74) is 0. The van der Waals surface area contributed by atoms with Gasteiger partial charge in [0.1, 0.15) is 0 Å². The highest BCUT2D eigenvalue weighted by Crippen LogP contribution is 2.30. The molecule has 1 aliphatic rings. The van der Waals surface area contributed by atoms with Crippen molar-refractivity contribution >= 4 is 0 Å². The van der Waals surface area contributed by atoms with E-state index in [-0.39, 0.29) is 0 Å². The summed E-state index contributed by atoms with van der Waals surface area (Å²) >= 11 is 0. The highest BCUT2D eigenvalue weighted by atomic mass is 15.2. The van der Waals surface area contributed by atoms with Crippen LogP contribution >= 0.6 is 0 Å². The van der Waals surface area contributed by atoms with Gasteiger partial charge in [-0.05, 0) is 45.8 Å². The first-order valence-corrected chi connectivity index (χ1v) is 6.60. The van der Waals surface area contributed by atoms with Gasteiger partial charge >= 0.3 is 0 Å². The number of hydrogen-bond donors (Lipinski definition) is 1. The molecule has 1 rings (SSSR count). The minimum atomic E-state index is 0.711. The van der Waals surface area contributed by atoms with Crippen LogP contribution in [0.4, 0.5) is 0 Å². The predicted molar refractivity (Wildman–Crippen MR) is 67.2 cm³/mol. The van der Waals surface area contributed by atoms with Crippen LogP contribution in [0.5, 0.6) is 0 Å². The summed E-state index contributed by atoms with van der Waals surface area (Å²) in [6.07, 6.45) is 6.94. The molecule has 1 N–H and O–H groups in total. The third-order valence-corrected chi connectivity index (χ3v) is 4.06. The molecule has 0 radical (unpaired) electrons. The lowest BCUT2D eigenvalue weighted by atomic mass is 9.79.